The van der Waals surface area contributed by atoms with Gasteiger partial charge in [-0.3, -0.25) is 4.68 Å². The minimum Gasteiger partial charge on any atom is -0.271 e. The van der Waals surface area contributed by atoms with Crippen molar-refractivity contribution in [3.05, 3.63) is 27.9 Å². The smallest absolute Gasteiger partial charge is 0.0942 e. The Hall–Kier alpha value is -0.730. The fourth-order valence-corrected chi connectivity index (χ4v) is 1.99. The Morgan fingerprint density at radius 3 is 2.57 bits per heavy atom. The summed E-state index contributed by atoms with van der Waals surface area (Å²) in [5, 5.41) is 6.59. The van der Waals surface area contributed by atoms with Gasteiger partial charge in [-0.2, -0.15) is 5.10 Å². The van der Waals surface area contributed by atoms with Crippen molar-refractivity contribution in [1.82, 2.24) is 9.78 Å². The van der Waals surface area contributed by atoms with E-state index in [1.54, 1.807) is 6.07 Å². The number of halogens is 2. The van der Waals surface area contributed by atoms with Gasteiger partial charge < -0.3 is 0 Å². The van der Waals surface area contributed by atoms with Gasteiger partial charge in [-0.25, -0.2) is 0 Å². The minimum absolute atomic E-state index is 0.555. The number of fused-ring (bicyclic) bond motifs is 1. The first-order valence-electron chi connectivity index (χ1n) is 4.44. The normalized spacial score (nSPS) is 11.1. The van der Waals surface area contributed by atoms with E-state index in [9.17, 15) is 0 Å². The van der Waals surface area contributed by atoms with E-state index in [4.69, 9.17) is 23.2 Å². The maximum absolute atomic E-state index is 5.96. The largest absolute Gasteiger partial charge is 0.271 e. The fraction of sp³-hybridized carbons (Fsp3) is 0.300. The molecular weight excluding hydrogens is 219 g/mol. The molecule has 4 heteroatoms. The van der Waals surface area contributed by atoms with Crippen LogP contribution < -0.4 is 0 Å². The summed E-state index contributed by atoms with van der Waals surface area (Å²) in [5.41, 5.74) is 2.08. The van der Waals surface area contributed by atoms with Crippen LogP contribution in [-0.2, 0) is 13.5 Å². The van der Waals surface area contributed by atoms with Gasteiger partial charge in [0.2, 0.25) is 0 Å². The molecule has 2 nitrogen and oxygen atoms in total. The molecule has 0 bridgehead atoms. The zero-order valence-corrected chi connectivity index (χ0v) is 9.52. The molecular formula is C10H10Cl2N2. The Morgan fingerprint density at radius 1 is 1.29 bits per heavy atom. The Bertz CT molecular complexity index is 488. The van der Waals surface area contributed by atoms with E-state index in [1.165, 1.54) is 5.69 Å². The molecule has 0 saturated carbocycles. The quantitative estimate of drug-likeness (QED) is 0.732. The molecule has 2 rings (SSSR count). The second-order valence-corrected chi connectivity index (χ2v) is 4.02. The number of aromatic nitrogens is 2. The van der Waals surface area contributed by atoms with Crippen LogP contribution in [0, 0.1) is 0 Å². The number of benzene rings is 1. The maximum Gasteiger partial charge on any atom is 0.0942 e. The molecule has 0 amide bonds. The molecule has 0 aliphatic heterocycles. The highest BCUT2D eigenvalue weighted by Crippen LogP contribution is 2.29. The van der Waals surface area contributed by atoms with Crippen molar-refractivity contribution >= 4 is 34.1 Å². The first-order chi connectivity index (χ1) is 6.63. The van der Waals surface area contributed by atoms with Crippen LogP contribution in [0.2, 0.25) is 10.0 Å². The van der Waals surface area contributed by atoms with E-state index in [1.807, 2.05) is 17.8 Å². The lowest BCUT2D eigenvalue weighted by molar-refractivity contribution is 0.728. The molecule has 0 aliphatic rings. The highest BCUT2D eigenvalue weighted by atomic mass is 35.5. The summed E-state index contributed by atoms with van der Waals surface area (Å²) in [6.45, 7) is 2.10. The highest BCUT2D eigenvalue weighted by molar-refractivity contribution is 6.42. The number of nitrogens with zero attached hydrogens (tertiary/aromatic N) is 2. The molecule has 0 fully saturated rings. The third-order valence-corrected chi connectivity index (χ3v) is 3.05. The van der Waals surface area contributed by atoms with Crippen LogP contribution in [0.1, 0.15) is 12.6 Å². The molecule has 1 aromatic heterocycles. The van der Waals surface area contributed by atoms with E-state index < -0.39 is 0 Å². The first-order valence-corrected chi connectivity index (χ1v) is 5.19. The van der Waals surface area contributed by atoms with Crippen LogP contribution >= 0.6 is 23.2 Å². The van der Waals surface area contributed by atoms with Gasteiger partial charge in [0.15, 0.2) is 0 Å². The fourth-order valence-electron chi connectivity index (χ4n) is 1.67. The van der Waals surface area contributed by atoms with Crippen LogP contribution in [0.25, 0.3) is 10.9 Å². The van der Waals surface area contributed by atoms with Crippen molar-refractivity contribution in [2.24, 2.45) is 7.05 Å². The lowest BCUT2D eigenvalue weighted by Gasteiger charge is -1.98. The van der Waals surface area contributed by atoms with Crippen molar-refractivity contribution in [2.75, 3.05) is 0 Å². The molecule has 0 spiro atoms. The zero-order valence-electron chi connectivity index (χ0n) is 8.01. The molecule has 0 aliphatic carbocycles. The first kappa shape index (κ1) is 9.81. The molecule has 1 aromatic carbocycles. The topological polar surface area (TPSA) is 17.8 Å². The van der Waals surface area contributed by atoms with Crippen molar-refractivity contribution in [2.45, 2.75) is 13.3 Å². The predicted molar refractivity (Wildman–Crippen MR) is 60.1 cm³/mol. The summed E-state index contributed by atoms with van der Waals surface area (Å²) < 4.78 is 1.87. The Balaban J connectivity index is 2.82. The molecule has 0 atom stereocenters. The van der Waals surface area contributed by atoms with Gasteiger partial charge in [-0.05, 0) is 18.6 Å². The molecule has 1 heterocycles. The summed E-state index contributed by atoms with van der Waals surface area (Å²) in [5.74, 6) is 0. The van der Waals surface area contributed by atoms with Gasteiger partial charge >= 0.3 is 0 Å². The Morgan fingerprint density at radius 2 is 1.93 bits per heavy atom. The van der Waals surface area contributed by atoms with E-state index in [0.717, 1.165) is 17.3 Å². The van der Waals surface area contributed by atoms with Crippen LogP contribution in [0.5, 0.6) is 0 Å². The summed E-state index contributed by atoms with van der Waals surface area (Å²) in [7, 11) is 1.93. The van der Waals surface area contributed by atoms with Crippen molar-refractivity contribution in [3.63, 3.8) is 0 Å². The van der Waals surface area contributed by atoms with Gasteiger partial charge in [0.1, 0.15) is 0 Å². The lowest BCUT2D eigenvalue weighted by atomic mass is 10.2. The molecule has 0 N–H and O–H groups in total. The number of rotatable bonds is 1. The summed E-state index contributed by atoms with van der Waals surface area (Å²) >= 11 is 11.9. The minimum atomic E-state index is 0.555. The Labute approximate surface area is 92.4 Å². The molecule has 0 saturated heterocycles. The SMILES string of the molecule is CCc1c2cc(Cl)c(Cl)cc2nn1C. The van der Waals surface area contributed by atoms with E-state index in [-0.39, 0.29) is 0 Å². The second kappa shape index (κ2) is 3.44. The molecule has 74 valence electrons. The van der Waals surface area contributed by atoms with Crippen LogP contribution in [0.15, 0.2) is 12.1 Å². The third kappa shape index (κ3) is 1.39. The van der Waals surface area contributed by atoms with Gasteiger partial charge in [-0.15, -0.1) is 0 Å². The predicted octanol–water partition coefficient (Wildman–Crippen LogP) is 3.44. The van der Waals surface area contributed by atoms with Gasteiger partial charge in [0.25, 0.3) is 0 Å². The molecule has 0 radical (unpaired) electrons. The summed E-state index contributed by atoms with van der Waals surface area (Å²) in [6.07, 6.45) is 0.935. The highest BCUT2D eigenvalue weighted by Gasteiger charge is 2.09. The Kier molecular flexibility index (Phi) is 2.41. The summed E-state index contributed by atoms with van der Waals surface area (Å²) in [6, 6.07) is 3.68. The summed E-state index contributed by atoms with van der Waals surface area (Å²) in [4.78, 5) is 0. The monoisotopic (exact) mass is 228 g/mol. The number of aryl methyl sites for hydroxylation is 2. The van der Waals surface area contributed by atoms with Gasteiger partial charge in [-0.1, -0.05) is 30.1 Å². The van der Waals surface area contributed by atoms with Crippen molar-refractivity contribution in [3.8, 4) is 0 Å². The van der Waals surface area contributed by atoms with Gasteiger partial charge in [0.05, 0.1) is 15.6 Å². The standard InChI is InChI=1S/C10H10Cl2N2/c1-3-10-6-4-7(11)8(12)5-9(6)13-14(10)2/h4-5H,3H2,1-2H3. The lowest BCUT2D eigenvalue weighted by Crippen LogP contribution is -1.95. The van der Waals surface area contributed by atoms with Gasteiger partial charge in [0, 0.05) is 18.1 Å². The van der Waals surface area contributed by atoms with E-state index in [0.29, 0.717) is 10.0 Å². The van der Waals surface area contributed by atoms with E-state index in [2.05, 4.69) is 12.0 Å². The zero-order chi connectivity index (χ0) is 10.3. The number of hydrogen-bond donors (Lipinski definition) is 0. The maximum atomic E-state index is 5.96. The van der Waals surface area contributed by atoms with Crippen molar-refractivity contribution < 1.29 is 0 Å². The van der Waals surface area contributed by atoms with Crippen LogP contribution in [0.3, 0.4) is 0 Å². The van der Waals surface area contributed by atoms with E-state index >= 15 is 0 Å². The average molecular weight is 229 g/mol. The molecule has 0 unspecified atom stereocenters. The van der Waals surface area contributed by atoms with Crippen molar-refractivity contribution in [1.29, 1.82) is 0 Å². The average Bonchev–Trinajstić information content (AvgIpc) is 2.42. The second-order valence-electron chi connectivity index (χ2n) is 3.21. The van der Waals surface area contributed by atoms with Crippen LogP contribution in [-0.4, -0.2) is 9.78 Å². The molecule has 14 heavy (non-hydrogen) atoms. The third-order valence-electron chi connectivity index (χ3n) is 2.33. The number of hydrogen-bond acceptors (Lipinski definition) is 1. The van der Waals surface area contributed by atoms with Crippen LogP contribution in [0.4, 0.5) is 0 Å². The molecule has 2 aromatic rings.